The summed E-state index contributed by atoms with van der Waals surface area (Å²) in [7, 11) is 1.56. The summed E-state index contributed by atoms with van der Waals surface area (Å²) in [4.78, 5) is 4.27. The minimum absolute atomic E-state index is 0.491. The van der Waals surface area contributed by atoms with Crippen molar-refractivity contribution in [3.8, 4) is 11.6 Å². The van der Waals surface area contributed by atoms with Gasteiger partial charge < -0.3 is 14.6 Å². The number of benzene rings is 1. The molecule has 1 N–H and O–H groups in total. The van der Waals surface area contributed by atoms with Crippen LogP contribution in [0.1, 0.15) is 22.9 Å². The van der Waals surface area contributed by atoms with Gasteiger partial charge in [-0.3, -0.25) is 0 Å². The van der Waals surface area contributed by atoms with E-state index < -0.39 is 6.10 Å². The Morgan fingerprint density at radius 2 is 2.11 bits per heavy atom. The number of para-hydroxylation sites is 1. The molecule has 0 aliphatic carbocycles. The highest BCUT2D eigenvalue weighted by Crippen LogP contribution is 2.35. The van der Waals surface area contributed by atoms with Crippen molar-refractivity contribution in [1.29, 1.82) is 0 Å². The third-order valence-electron chi connectivity index (χ3n) is 3.27. The molecule has 1 aromatic carbocycles. The van der Waals surface area contributed by atoms with Crippen molar-refractivity contribution in [2.45, 2.75) is 12.5 Å². The number of methoxy groups -OCH3 is 1. The van der Waals surface area contributed by atoms with Crippen LogP contribution in [0.4, 0.5) is 0 Å². The van der Waals surface area contributed by atoms with Crippen LogP contribution in [0.2, 0.25) is 0 Å². The highest BCUT2D eigenvalue weighted by molar-refractivity contribution is 5.47. The molecule has 0 bridgehead atoms. The molecule has 0 saturated carbocycles. The van der Waals surface area contributed by atoms with E-state index in [9.17, 15) is 5.11 Å². The van der Waals surface area contributed by atoms with Gasteiger partial charge in [0.05, 0.1) is 19.4 Å². The third-order valence-corrected chi connectivity index (χ3v) is 3.27. The van der Waals surface area contributed by atoms with E-state index in [4.69, 9.17) is 9.47 Å². The zero-order valence-electron chi connectivity index (χ0n) is 10.7. The number of ether oxygens (including phenoxy) is 2. The molecular formula is C15H15NO3. The Hall–Kier alpha value is -2.07. The molecule has 1 atom stereocenters. The summed E-state index contributed by atoms with van der Waals surface area (Å²) in [5.41, 5.74) is 2.46. The van der Waals surface area contributed by atoms with Gasteiger partial charge in [-0.15, -0.1) is 0 Å². The average Bonchev–Trinajstić information content (AvgIpc) is 2.95. The summed E-state index contributed by atoms with van der Waals surface area (Å²) in [6.07, 6.45) is 0.0877. The first-order chi connectivity index (χ1) is 9.29. The lowest BCUT2D eigenvalue weighted by atomic mass is 10.0. The maximum Gasteiger partial charge on any atom is 0.213 e. The molecule has 4 heteroatoms. The Labute approximate surface area is 111 Å². The van der Waals surface area contributed by atoms with Gasteiger partial charge in [0, 0.05) is 18.1 Å². The van der Waals surface area contributed by atoms with Crippen LogP contribution in [0.5, 0.6) is 11.6 Å². The van der Waals surface area contributed by atoms with Crippen LogP contribution in [0.3, 0.4) is 0 Å². The Bertz CT molecular complexity index is 598. The molecule has 1 aliphatic heterocycles. The zero-order valence-corrected chi connectivity index (χ0v) is 10.7. The number of aliphatic hydroxyl groups is 1. The predicted octanol–water partition coefficient (Wildman–Crippen LogP) is 2.11. The second-order valence-corrected chi connectivity index (χ2v) is 4.44. The highest BCUT2D eigenvalue weighted by Gasteiger charge is 2.22. The topological polar surface area (TPSA) is 51.6 Å². The van der Waals surface area contributed by atoms with Crippen molar-refractivity contribution >= 4 is 0 Å². The quantitative estimate of drug-likeness (QED) is 0.915. The van der Waals surface area contributed by atoms with Gasteiger partial charge in [-0.1, -0.05) is 24.3 Å². The van der Waals surface area contributed by atoms with Crippen LogP contribution in [-0.2, 0) is 6.42 Å². The number of aromatic nitrogens is 1. The standard InChI is InChI=1S/C15H15NO3/c1-18-13-7-3-6-12(16-13)14(17)11-5-2-4-10-8-9-19-15(10)11/h2-7,14,17H,8-9H2,1H3. The molecule has 4 nitrogen and oxygen atoms in total. The normalized spacial score (nSPS) is 14.6. The zero-order chi connectivity index (χ0) is 13.2. The SMILES string of the molecule is COc1cccc(C(O)c2cccc3c2OCC3)n1. The van der Waals surface area contributed by atoms with Crippen molar-refractivity contribution in [1.82, 2.24) is 4.98 Å². The summed E-state index contributed by atoms with van der Waals surface area (Å²) in [6, 6.07) is 11.2. The molecule has 19 heavy (non-hydrogen) atoms. The van der Waals surface area contributed by atoms with Crippen LogP contribution in [0.25, 0.3) is 0 Å². The lowest BCUT2D eigenvalue weighted by molar-refractivity contribution is 0.207. The van der Waals surface area contributed by atoms with E-state index in [1.807, 2.05) is 24.3 Å². The third kappa shape index (κ3) is 2.15. The summed E-state index contributed by atoms with van der Waals surface area (Å²) < 4.78 is 10.7. The predicted molar refractivity (Wildman–Crippen MR) is 70.5 cm³/mol. The molecule has 2 heterocycles. The van der Waals surface area contributed by atoms with Gasteiger partial charge in [-0.05, 0) is 11.6 Å². The number of fused-ring (bicyclic) bond motifs is 1. The molecule has 0 fully saturated rings. The van der Waals surface area contributed by atoms with E-state index in [0.717, 1.165) is 23.3 Å². The number of hydrogen-bond donors (Lipinski definition) is 1. The number of rotatable bonds is 3. The molecule has 3 rings (SSSR count). The number of pyridine rings is 1. The van der Waals surface area contributed by atoms with Crippen LogP contribution in [0, 0.1) is 0 Å². The van der Waals surface area contributed by atoms with Crippen molar-refractivity contribution in [2.24, 2.45) is 0 Å². The first kappa shape index (κ1) is 12.0. The summed E-state index contributed by atoms with van der Waals surface area (Å²) in [5, 5.41) is 10.5. The number of hydrogen-bond acceptors (Lipinski definition) is 4. The first-order valence-electron chi connectivity index (χ1n) is 6.23. The lowest BCUT2D eigenvalue weighted by Gasteiger charge is -2.14. The lowest BCUT2D eigenvalue weighted by Crippen LogP contribution is -2.05. The van der Waals surface area contributed by atoms with E-state index in [0.29, 0.717) is 18.2 Å². The van der Waals surface area contributed by atoms with Crippen molar-refractivity contribution in [2.75, 3.05) is 13.7 Å². The maximum absolute atomic E-state index is 10.5. The van der Waals surface area contributed by atoms with Crippen LogP contribution < -0.4 is 9.47 Å². The highest BCUT2D eigenvalue weighted by atomic mass is 16.5. The fourth-order valence-corrected chi connectivity index (χ4v) is 2.31. The molecule has 0 amide bonds. The molecule has 2 aromatic rings. The Morgan fingerprint density at radius 3 is 2.95 bits per heavy atom. The van der Waals surface area contributed by atoms with Crippen LogP contribution in [-0.4, -0.2) is 23.8 Å². The molecular weight excluding hydrogens is 242 g/mol. The van der Waals surface area contributed by atoms with Crippen molar-refractivity contribution in [3.63, 3.8) is 0 Å². The van der Waals surface area contributed by atoms with Crippen molar-refractivity contribution < 1.29 is 14.6 Å². The molecule has 1 aromatic heterocycles. The van der Waals surface area contributed by atoms with E-state index in [-0.39, 0.29) is 0 Å². The minimum Gasteiger partial charge on any atom is -0.493 e. The van der Waals surface area contributed by atoms with Gasteiger partial charge >= 0.3 is 0 Å². The van der Waals surface area contributed by atoms with E-state index in [1.54, 1.807) is 19.2 Å². The van der Waals surface area contributed by atoms with E-state index in [2.05, 4.69) is 4.98 Å². The van der Waals surface area contributed by atoms with E-state index >= 15 is 0 Å². The molecule has 0 radical (unpaired) electrons. The fourth-order valence-electron chi connectivity index (χ4n) is 2.31. The molecule has 0 saturated heterocycles. The second kappa shape index (κ2) is 4.90. The van der Waals surface area contributed by atoms with Crippen LogP contribution in [0.15, 0.2) is 36.4 Å². The van der Waals surface area contributed by atoms with Gasteiger partial charge in [-0.2, -0.15) is 0 Å². The van der Waals surface area contributed by atoms with Gasteiger partial charge in [-0.25, -0.2) is 4.98 Å². The number of nitrogens with zero attached hydrogens (tertiary/aromatic N) is 1. The minimum atomic E-state index is -0.803. The average molecular weight is 257 g/mol. The van der Waals surface area contributed by atoms with Gasteiger partial charge in [0.1, 0.15) is 11.9 Å². The fraction of sp³-hybridized carbons (Fsp3) is 0.267. The summed E-state index contributed by atoms with van der Waals surface area (Å²) in [6.45, 7) is 0.671. The molecule has 1 unspecified atom stereocenters. The van der Waals surface area contributed by atoms with Gasteiger partial charge in [0.2, 0.25) is 5.88 Å². The molecule has 1 aliphatic rings. The Morgan fingerprint density at radius 1 is 1.26 bits per heavy atom. The maximum atomic E-state index is 10.5. The smallest absolute Gasteiger partial charge is 0.213 e. The first-order valence-corrected chi connectivity index (χ1v) is 6.23. The Balaban J connectivity index is 2.00. The molecule has 0 spiro atoms. The van der Waals surface area contributed by atoms with Crippen molar-refractivity contribution in [3.05, 3.63) is 53.2 Å². The second-order valence-electron chi connectivity index (χ2n) is 4.44. The van der Waals surface area contributed by atoms with E-state index in [1.165, 1.54) is 0 Å². The Kier molecular flexibility index (Phi) is 3.09. The van der Waals surface area contributed by atoms with Gasteiger partial charge in [0.25, 0.3) is 0 Å². The molecule has 98 valence electrons. The number of aliphatic hydroxyl groups excluding tert-OH is 1. The van der Waals surface area contributed by atoms with Gasteiger partial charge in [0.15, 0.2) is 0 Å². The monoisotopic (exact) mass is 257 g/mol. The summed E-state index contributed by atoms with van der Waals surface area (Å²) >= 11 is 0. The van der Waals surface area contributed by atoms with Crippen LogP contribution >= 0.6 is 0 Å². The summed E-state index contributed by atoms with van der Waals surface area (Å²) in [5.74, 6) is 1.28. The largest absolute Gasteiger partial charge is 0.493 e.